The lowest BCUT2D eigenvalue weighted by atomic mass is 10.0. The van der Waals surface area contributed by atoms with Gasteiger partial charge in [-0.15, -0.1) is 0 Å². The summed E-state index contributed by atoms with van der Waals surface area (Å²) in [4.78, 5) is 12.0. The fourth-order valence-electron chi connectivity index (χ4n) is 2.90. The number of carbonyl (C=O) groups excluding carboxylic acids is 1. The first-order valence-corrected chi connectivity index (χ1v) is 9.15. The molecule has 1 N–H and O–H groups in total. The molecule has 0 saturated heterocycles. The summed E-state index contributed by atoms with van der Waals surface area (Å²) in [7, 11) is 0. The Bertz CT molecular complexity index is 667. The second kappa shape index (κ2) is 10.00. The minimum atomic E-state index is -0.243. The molecule has 0 aliphatic carbocycles. The quantitative estimate of drug-likeness (QED) is 0.533. The van der Waals surface area contributed by atoms with Crippen LogP contribution in [-0.4, -0.2) is 18.6 Å². The van der Waals surface area contributed by atoms with Gasteiger partial charge in [-0.1, -0.05) is 43.3 Å². The van der Waals surface area contributed by atoms with Gasteiger partial charge < -0.3 is 10.1 Å². The van der Waals surface area contributed by atoms with Gasteiger partial charge in [-0.3, -0.25) is 0 Å². The van der Waals surface area contributed by atoms with Gasteiger partial charge in [0.25, 0.3) is 0 Å². The number of rotatable bonds is 9. The summed E-state index contributed by atoms with van der Waals surface area (Å²) >= 11 is 0. The smallest absolute Gasteiger partial charge is 0.338 e. The molecule has 2 rings (SSSR count). The zero-order valence-corrected chi connectivity index (χ0v) is 15.5. The minimum absolute atomic E-state index is 0.0689. The Kier molecular flexibility index (Phi) is 7.68. The van der Waals surface area contributed by atoms with Crippen molar-refractivity contribution < 1.29 is 9.53 Å². The number of aryl methyl sites for hydroxylation is 2. The molecule has 1 unspecified atom stereocenters. The highest BCUT2D eigenvalue weighted by molar-refractivity contribution is 5.89. The summed E-state index contributed by atoms with van der Waals surface area (Å²) in [6.45, 7) is 8.11. The Morgan fingerprint density at radius 3 is 2.60 bits per heavy atom. The predicted molar refractivity (Wildman–Crippen MR) is 103 cm³/mol. The molecule has 0 saturated carbocycles. The Hall–Kier alpha value is -2.13. The van der Waals surface area contributed by atoms with Crippen LogP contribution in [0.1, 0.15) is 53.7 Å². The first-order valence-electron chi connectivity index (χ1n) is 9.15. The maximum atomic E-state index is 12.0. The molecule has 0 aromatic heterocycles. The monoisotopic (exact) mass is 339 g/mol. The van der Waals surface area contributed by atoms with Crippen molar-refractivity contribution in [1.29, 1.82) is 0 Å². The second-order valence-electron chi connectivity index (χ2n) is 6.52. The maximum Gasteiger partial charge on any atom is 0.338 e. The minimum Gasteiger partial charge on any atom is -0.459 e. The Morgan fingerprint density at radius 1 is 1.16 bits per heavy atom. The molecule has 2 aromatic carbocycles. The van der Waals surface area contributed by atoms with E-state index in [0.717, 1.165) is 32.4 Å². The van der Waals surface area contributed by atoms with Gasteiger partial charge in [0.1, 0.15) is 0 Å². The van der Waals surface area contributed by atoms with Crippen molar-refractivity contribution in [3.63, 3.8) is 0 Å². The van der Waals surface area contributed by atoms with E-state index < -0.39 is 0 Å². The van der Waals surface area contributed by atoms with E-state index in [9.17, 15) is 4.79 Å². The molecule has 0 heterocycles. The third-order valence-electron chi connectivity index (χ3n) is 4.40. The molecule has 0 fully saturated rings. The molecule has 0 spiro atoms. The van der Waals surface area contributed by atoms with Crippen molar-refractivity contribution >= 4 is 5.97 Å². The number of nitrogens with one attached hydrogen (secondary N) is 1. The largest absolute Gasteiger partial charge is 0.459 e. The highest BCUT2D eigenvalue weighted by Crippen LogP contribution is 2.12. The molecule has 1 atom stereocenters. The zero-order chi connectivity index (χ0) is 18.1. The third kappa shape index (κ3) is 6.35. The Balaban J connectivity index is 1.64. The number of hydrogen-bond acceptors (Lipinski definition) is 3. The van der Waals surface area contributed by atoms with Crippen LogP contribution in [0.3, 0.4) is 0 Å². The first kappa shape index (κ1) is 19.2. The van der Waals surface area contributed by atoms with Crippen molar-refractivity contribution in [3.8, 4) is 0 Å². The lowest BCUT2D eigenvalue weighted by Crippen LogP contribution is -2.19. The van der Waals surface area contributed by atoms with Gasteiger partial charge in [-0.2, -0.15) is 0 Å². The number of hydrogen-bond donors (Lipinski definition) is 1. The van der Waals surface area contributed by atoms with Gasteiger partial charge in [0.2, 0.25) is 0 Å². The number of benzene rings is 2. The molecule has 0 aliphatic heterocycles. The van der Waals surface area contributed by atoms with Gasteiger partial charge in [-0.25, -0.2) is 4.79 Å². The van der Waals surface area contributed by atoms with Crippen LogP contribution in [0.25, 0.3) is 0 Å². The van der Waals surface area contributed by atoms with Crippen molar-refractivity contribution in [2.45, 2.75) is 52.7 Å². The van der Waals surface area contributed by atoms with E-state index in [2.05, 4.69) is 37.4 Å². The molecule has 3 nitrogen and oxygen atoms in total. The van der Waals surface area contributed by atoms with E-state index in [1.165, 1.54) is 16.7 Å². The lowest BCUT2D eigenvalue weighted by molar-refractivity contribution is 0.0321. The van der Waals surface area contributed by atoms with Crippen molar-refractivity contribution in [3.05, 3.63) is 70.8 Å². The third-order valence-corrected chi connectivity index (χ3v) is 4.40. The number of ether oxygens (including phenoxy) is 1. The molecule has 0 bridgehead atoms. The average Bonchev–Trinajstić information content (AvgIpc) is 2.62. The van der Waals surface area contributed by atoms with Gasteiger partial charge in [-0.05, 0) is 68.5 Å². The Morgan fingerprint density at radius 2 is 1.92 bits per heavy atom. The van der Waals surface area contributed by atoms with Crippen LogP contribution >= 0.6 is 0 Å². The van der Waals surface area contributed by atoms with E-state index in [0.29, 0.717) is 5.56 Å². The summed E-state index contributed by atoms with van der Waals surface area (Å²) in [5.74, 6) is -0.243. The topological polar surface area (TPSA) is 38.3 Å². The molecule has 25 heavy (non-hydrogen) atoms. The fraction of sp³-hybridized carbons (Fsp3) is 0.409. The van der Waals surface area contributed by atoms with Crippen molar-refractivity contribution in [1.82, 2.24) is 5.32 Å². The zero-order valence-electron chi connectivity index (χ0n) is 15.5. The second-order valence-corrected chi connectivity index (χ2v) is 6.52. The van der Waals surface area contributed by atoms with E-state index in [-0.39, 0.29) is 12.1 Å². The normalized spacial score (nSPS) is 12.0. The van der Waals surface area contributed by atoms with E-state index in [1.807, 2.05) is 25.1 Å². The molecular formula is C22H29NO2. The number of esters is 1. The van der Waals surface area contributed by atoms with Crippen LogP contribution in [0.4, 0.5) is 0 Å². The highest BCUT2D eigenvalue weighted by Gasteiger charge is 2.11. The average molecular weight is 339 g/mol. The number of carbonyl (C=O) groups is 1. The standard InChI is InChI=1S/C22H29NO2/c1-4-20-13-12-19(15-17(20)2)16-23-14-8-9-18(3)25-22(24)21-10-6-5-7-11-21/h5-7,10-13,15,18,23H,4,8-9,14,16H2,1-3H3. The van der Waals surface area contributed by atoms with E-state index in [4.69, 9.17) is 4.74 Å². The lowest BCUT2D eigenvalue weighted by Gasteiger charge is -2.13. The predicted octanol–water partition coefficient (Wildman–Crippen LogP) is 4.67. The first-order chi connectivity index (χ1) is 12.1. The summed E-state index contributed by atoms with van der Waals surface area (Å²) < 4.78 is 5.48. The van der Waals surface area contributed by atoms with Crippen LogP contribution in [0, 0.1) is 6.92 Å². The maximum absolute atomic E-state index is 12.0. The summed E-state index contributed by atoms with van der Waals surface area (Å²) in [5.41, 5.74) is 4.71. The van der Waals surface area contributed by atoms with Gasteiger partial charge in [0.05, 0.1) is 11.7 Å². The van der Waals surface area contributed by atoms with Crippen LogP contribution in [0.2, 0.25) is 0 Å². The molecule has 0 amide bonds. The Labute approximate surface area is 151 Å². The molecule has 2 aromatic rings. The van der Waals surface area contributed by atoms with E-state index >= 15 is 0 Å². The van der Waals surface area contributed by atoms with Crippen LogP contribution < -0.4 is 5.32 Å². The van der Waals surface area contributed by atoms with Gasteiger partial charge in [0.15, 0.2) is 0 Å². The van der Waals surface area contributed by atoms with Crippen LogP contribution in [0.5, 0.6) is 0 Å². The van der Waals surface area contributed by atoms with Crippen LogP contribution in [0.15, 0.2) is 48.5 Å². The molecule has 134 valence electrons. The highest BCUT2D eigenvalue weighted by atomic mass is 16.5. The van der Waals surface area contributed by atoms with Crippen molar-refractivity contribution in [2.75, 3.05) is 6.54 Å². The van der Waals surface area contributed by atoms with Gasteiger partial charge in [0, 0.05) is 6.54 Å². The van der Waals surface area contributed by atoms with Gasteiger partial charge >= 0.3 is 5.97 Å². The van der Waals surface area contributed by atoms with Crippen LogP contribution in [-0.2, 0) is 17.7 Å². The summed E-state index contributed by atoms with van der Waals surface area (Å²) in [6, 6.07) is 15.8. The molecule has 0 aliphatic rings. The molecular weight excluding hydrogens is 310 g/mol. The summed E-state index contributed by atoms with van der Waals surface area (Å²) in [6.07, 6.45) is 2.86. The molecule has 0 radical (unpaired) electrons. The van der Waals surface area contributed by atoms with Crippen molar-refractivity contribution in [2.24, 2.45) is 0 Å². The summed E-state index contributed by atoms with van der Waals surface area (Å²) in [5, 5.41) is 3.47. The van der Waals surface area contributed by atoms with E-state index in [1.54, 1.807) is 12.1 Å². The molecule has 3 heteroatoms. The fourth-order valence-corrected chi connectivity index (χ4v) is 2.90. The SMILES string of the molecule is CCc1ccc(CNCCCC(C)OC(=O)c2ccccc2)cc1C.